The summed E-state index contributed by atoms with van der Waals surface area (Å²) < 4.78 is 5.28. The van der Waals surface area contributed by atoms with Crippen molar-refractivity contribution in [1.29, 1.82) is 0 Å². The highest BCUT2D eigenvalue weighted by Gasteiger charge is 2.16. The zero-order valence-electron chi connectivity index (χ0n) is 17.3. The van der Waals surface area contributed by atoms with Crippen LogP contribution in [0.2, 0.25) is 5.02 Å². The number of nitrogen functional groups attached to an aromatic ring is 1. The quantitative estimate of drug-likeness (QED) is 0.458. The van der Waals surface area contributed by atoms with Crippen LogP contribution in [0.15, 0.2) is 48.7 Å². The van der Waals surface area contributed by atoms with Crippen molar-refractivity contribution in [3.63, 3.8) is 0 Å². The largest absolute Gasteiger partial charge is 0.444 e. The predicted octanol–water partition coefficient (Wildman–Crippen LogP) is 5.78. The first-order valence-electron chi connectivity index (χ1n) is 9.37. The van der Waals surface area contributed by atoms with Gasteiger partial charge in [0.05, 0.1) is 16.9 Å². The zero-order valence-corrected chi connectivity index (χ0v) is 18.0. The third kappa shape index (κ3) is 5.61. The summed E-state index contributed by atoms with van der Waals surface area (Å²) in [5, 5.41) is 6.27. The molecule has 0 spiro atoms. The Balaban J connectivity index is 1.82. The summed E-state index contributed by atoms with van der Waals surface area (Å²) in [4.78, 5) is 20.8. The Morgan fingerprint density at radius 2 is 1.87 bits per heavy atom. The number of halogens is 1. The molecular formula is C22H24ClN5O2. The summed E-state index contributed by atoms with van der Waals surface area (Å²) >= 11 is 6.34. The lowest BCUT2D eigenvalue weighted by Crippen LogP contribution is -2.27. The zero-order chi connectivity index (χ0) is 21.9. The normalized spacial score (nSPS) is 11.1. The molecule has 0 saturated carbocycles. The number of ether oxygens (including phenoxy) is 1. The number of nitrogens with zero attached hydrogens (tertiary/aromatic N) is 2. The number of carbonyl (C=O) groups is 1. The Labute approximate surface area is 180 Å². The molecule has 4 N–H and O–H groups in total. The third-order valence-corrected chi connectivity index (χ3v) is 4.30. The molecule has 1 aromatic heterocycles. The van der Waals surface area contributed by atoms with Crippen molar-refractivity contribution in [3.05, 3.63) is 59.2 Å². The minimum atomic E-state index is -0.577. The maximum Gasteiger partial charge on any atom is 0.412 e. The van der Waals surface area contributed by atoms with E-state index >= 15 is 0 Å². The highest BCUT2D eigenvalue weighted by molar-refractivity contribution is 6.33. The van der Waals surface area contributed by atoms with Gasteiger partial charge in [-0.25, -0.2) is 14.8 Å². The van der Waals surface area contributed by atoms with Crippen molar-refractivity contribution in [2.45, 2.75) is 33.3 Å². The first-order valence-corrected chi connectivity index (χ1v) is 9.75. The van der Waals surface area contributed by atoms with Crippen molar-refractivity contribution in [1.82, 2.24) is 9.97 Å². The molecule has 30 heavy (non-hydrogen) atoms. The number of nitrogens with one attached hydrogen (secondary N) is 2. The van der Waals surface area contributed by atoms with Crippen LogP contribution in [-0.4, -0.2) is 21.7 Å². The van der Waals surface area contributed by atoms with Crippen molar-refractivity contribution in [3.8, 4) is 11.3 Å². The van der Waals surface area contributed by atoms with Gasteiger partial charge in [0.1, 0.15) is 5.60 Å². The van der Waals surface area contributed by atoms with Crippen molar-refractivity contribution in [2.24, 2.45) is 0 Å². The molecule has 8 heteroatoms. The SMILES string of the molecule is Cc1ccc(N)cc1-c1nc(Nc2cccc(NC(=O)OC(C)(C)C)c2)ncc1Cl. The van der Waals surface area contributed by atoms with Crippen LogP contribution in [0.3, 0.4) is 0 Å². The van der Waals surface area contributed by atoms with Gasteiger partial charge in [-0.1, -0.05) is 23.7 Å². The van der Waals surface area contributed by atoms with Crippen molar-refractivity contribution < 1.29 is 9.53 Å². The Kier molecular flexibility index (Phi) is 6.12. The molecule has 0 aliphatic heterocycles. The molecule has 0 saturated heterocycles. The van der Waals surface area contributed by atoms with Gasteiger partial charge in [-0.15, -0.1) is 0 Å². The van der Waals surface area contributed by atoms with Crippen LogP contribution in [0, 0.1) is 6.92 Å². The van der Waals surface area contributed by atoms with Gasteiger partial charge in [-0.05, 0) is 63.6 Å². The minimum absolute atomic E-state index is 0.366. The average molecular weight is 426 g/mol. The average Bonchev–Trinajstić information content (AvgIpc) is 2.64. The second-order valence-electron chi connectivity index (χ2n) is 7.80. The lowest BCUT2D eigenvalue weighted by molar-refractivity contribution is 0.0636. The molecule has 7 nitrogen and oxygen atoms in total. The number of benzene rings is 2. The van der Waals surface area contributed by atoms with E-state index in [2.05, 4.69) is 20.6 Å². The molecule has 3 rings (SSSR count). The van der Waals surface area contributed by atoms with Gasteiger partial charge >= 0.3 is 6.09 Å². The van der Waals surface area contributed by atoms with Gasteiger partial charge in [0, 0.05) is 22.6 Å². The van der Waals surface area contributed by atoms with E-state index in [9.17, 15) is 4.79 Å². The lowest BCUT2D eigenvalue weighted by atomic mass is 10.0. The maximum atomic E-state index is 12.0. The predicted molar refractivity (Wildman–Crippen MR) is 121 cm³/mol. The molecule has 0 bridgehead atoms. The van der Waals surface area contributed by atoms with Gasteiger partial charge in [-0.2, -0.15) is 0 Å². The molecular weight excluding hydrogens is 402 g/mol. The molecule has 3 aromatic rings. The molecule has 156 valence electrons. The van der Waals surface area contributed by atoms with E-state index in [0.29, 0.717) is 33.7 Å². The van der Waals surface area contributed by atoms with Gasteiger partial charge in [-0.3, -0.25) is 5.32 Å². The maximum absolute atomic E-state index is 12.0. The second-order valence-corrected chi connectivity index (χ2v) is 8.20. The van der Waals surface area contributed by atoms with E-state index in [4.69, 9.17) is 22.1 Å². The second kappa shape index (κ2) is 8.59. The van der Waals surface area contributed by atoms with E-state index in [0.717, 1.165) is 11.1 Å². The van der Waals surface area contributed by atoms with Crippen LogP contribution in [0.1, 0.15) is 26.3 Å². The fourth-order valence-electron chi connectivity index (χ4n) is 2.74. The van der Waals surface area contributed by atoms with Crippen LogP contribution in [0.25, 0.3) is 11.3 Å². The summed E-state index contributed by atoms with van der Waals surface area (Å²) in [7, 11) is 0. The van der Waals surface area contributed by atoms with Crippen LogP contribution in [0.4, 0.5) is 27.8 Å². The Hall–Kier alpha value is -3.32. The van der Waals surface area contributed by atoms with E-state index in [-0.39, 0.29) is 0 Å². The number of aryl methyl sites for hydroxylation is 1. The minimum Gasteiger partial charge on any atom is -0.444 e. The van der Waals surface area contributed by atoms with E-state index in [1.165, 1.54) is 6.20 Å². The molecule has 2 aromatic carbocycles. The van der Waals surface area contributed by atoms with Gasteiger partial charge in [0.2, 0.25) is 5.95 Å². The molecule has 0 atom stereocenters. The molecule has 0 unspecified atom stereocenters. The topological polar surface area (TPSA) is 102 Å². The molecule has 1 amide bonds. The lowest BCUT2D eigenvalue weighted by Gasteiger charge is -2.19. The number of hydrogen-bond acceptors (Lipinski definition) is 6. The Morgan fingerprint density at radius 3 is 2.60 bits per heavy atom. The Bertz CT molecular complexity index is 1080. The molecule has 0 fully saturated rings. The number of carbonyl (C=O) groups excluding carboxylic acids is 1. The van der Waals surface area contributed by atoms with E-state index in [1.807, 2.05) is 52.0 Å². The smallest absolute Gasteiger partial charge is 0.412 e. The standard InChI is InChI=1S/C22H24ClN5O2/c1-13-8-9-14(24)10-17(13)19-18(23)12-25-20(28-19)26-15-6-5-7-16(11-15)27-21(29)30-22(2,3)4/h5-12H,24H2,1-4H3,(H,27,29)(H,25,26,28). The molecule has 0 aliphatic carbocycles. The van der Waals surface area contributed by atoms with Crippen molar-refractivity contribution >= 4 is 40.7 Å². The highest BCUT2D eigenvalue weighted by Crippen LogP contribution is 2.31. The third-order valence-electron chi connectivity index (χ3n) is 4.02. The van der Waals surface area contributed by atoms with Crippen LogP contribution < -0.4 is 16.4 Å². The number of amides is 1. The summed E-state index contributed by atoms with van der Waals surface area (Å²) in [5.41, 5.74) is 9.67. The van der Waals surface area contributed by atoms with Crippen LogP contribution in [0.5, 0.6) is 0 Å². The van der Waals surface area contributed by atoms with E-state index in [1.54, 1.807) is 18.2 Å². The van der Waals surface area contributed by atoms with Gasteiger partial charge in [0.25, 0.3) is 0 Å². The monoisotopic (exact) mass is 425 g/mol. The Morgan fingerprint density at radius 1 is 1.13 bits per heavy atom. The van der Waals surface area contributed by atoms with Crippen molar-refractivity contribution in [2.75, 3.05) is 16.4 Å². The van der Waals surface area contributed by atoms with Crippen LogP contribution >= 0.6 is 11.6 Å². The fourth-order valence-corrected chi connectivity index (χ4v) is 2.93. The summed E-state index contributed by atoms with van der Waals surface area (Å²) in [6.45, 7) is 7.39. The molecule has 0 radical (unpaired) electrons. The van der Waals surface area contributed by atoms with Gasteiger partial charge in [0.15, 0.2) is 0 Å². The number of aromatic nitrogens is 2. The fraction of sp³-hybridized carbons (Fsp3) is 0.227. The number of hydrogen-bond donors (Lipinski definition) is 3. The first kappa shape index (κ1) is 21.4. The number of rotatable bonds is 4. The molecule has 1 heterocycles. The first-order chi connectivity index (χ1) is 14.1. The number of anilines is 4. The summed E-state index contributed by atoms with van der Waals surface area (Å²) in [5.74, 6) is 0.366. The summed E-state index contributed by atoms with van der Waals surface area (Å²) in [6, 6.07) is 12.7. The van der Waals surface area contributed by atoms with Gasteiger partial charge < -0.3 is 15.8 Å². The number of nitrogens with two attached hydrogens (primary N) is 1. The summed E-state index contributed by atoms with van der Waals surface area (Å²) in [6.07, 6.45) is 1.01. The molecule has 0 aliphatic rings. The van der Waals surface area contributed by atoms with Crippen LogP contribution in [-0.2, 0) is 4.74 Å². The van der Waals surface area contributed by atoms with E-state index < -0.39 is 11.7 Å². The highest BCUT2D eigenvalue weighted by atomic mass is 35.5.